The Morgan fingerprint density at radius 2 is 2.05 bits per heavy atom. The second-order valence-electron chi connectivity index (χ2n) is 3.80. The van der Waals surface area contributed by atoms with Crippen molar-refractivity contribution >= 4 is 5.91 Å². The molecule has 2 aromatic heterocycles. The molecule has 108 valence electrons. The molecule has 0 radical (unpaired) electrons. The first-order valence-electron chi connectivity index (χ1n) is 5.42. The lowest BCUT2D eigenvalue weighted by Crippen LogP contribution is -2.30. The van der Waals surface area contributed by atoms with Crippen molar-refractivity contribution in [2.45, 2.75) is 19.3 Å². The van der Waals surface area contributed by atoms with E-state index in [1.54, 1.807) is 0 Å². The summed E-state index contributed by atoms with van der Waals surface area (Å²) in [6.45, 7) is 0.368. The summed E-state index contributed by atoms with van der Waals surface area (Å²) in [5.41, 5.74) is 0.950. The largest absolute Gasteiger partial charge is 0.435 e. The van der Waals surface area contributed by atoms with Gasteiger partial charge in [0, 0.05) is 6.20 Å². The maximum Gasteiger partial charge on any atom is 0.435 e. The van der Waals surface area contributed by atoms with Gasteiger partial charge in [-0.2, -0.15) is 18.3 Å². The van der Waals surface area contributed by atoms with Gasteiger partial charge < -0.3 is 0 Å². The molecule has 0 aliphatic rings. The van der Waals surface area contributed by atoms with E-state index in [1.165, 1.54) is 17.1 Å². The van der Waals surface area contributed by atoms with E-state index in [9.17, 15) is 18.0 Å². The number of hydrogen-bond acceptors (Lipinski definition) is 5. The molecule has 11 heteroatoms. The van der Waals surface area contributed by atoms with Crippen LogP contribution in [0.2, 0.25) is 0 Å². The van der Waals surface area contributed by atoms with Crippen LogP contribution in [0.5, 0.6) is 0 Å². The molecule has 0 spiro atoms. The number of rotatable bonds is 4. The van der Waals surface area contributed by atoms with Crippen molar-refractivity contribution in [2.75, 3.05) is 0 Å². The normalized spacial score (nSPS) is 11.6. The second-order valence-corrected chi connectivity index (χ2v) is 3.80. The Morgan fingerprint density at radius 3 is 2.65 bits per heavy atom. The number of alkyl halides is 3. The van der Waals surface area contributed by atoms with Crippen molar-refractivity contribution in [2.24, 2.45) is 5.84 Å². The summed E-state index contributed by atoms with van der Waals surface area (Å²) < 4.78 is 39.4. The smallest absolute Gasteiger partial charge is 0.289 e. The predicted octanol–water partition coefficient (Wildman–Crippen LogP) is -0.203. The van der Waals surface area contributed by atoms with Crippen LogP contribution in [-0.2, 0) is 19.3 Å². The average molecular weight is 289 g/mol. The number of nitrogens with zero attached hydrogens (tertiary/aromatic N) is 5. The summed E-state index contributed by atoms with van der Waals surface area (Å²) in [5.74, 6) is 4.32. The zero-order valence-corrected chi connectivity index (χ0v) is 10.0. The van der Waals surface area contributed by atoms with Crippen LogP contribution in [0.1, 0.15) is 16.2 Å². The Morgan fingerprint density at radius 1 is 1.35 bits per heavy atom. The first-order chi connectivity index (χ1) is 9.40. The number of carbonyl (C=O) groups excluding carboxylic acids is 1. The molecule has 0 unspecified atom stereocenters. The average Bonchev–Trinajstić information content (AvgIpc) is 3.03. The number of halogens is 3. The number of nitrogens with two attached hydrogens (primary N) is 1. The van der Waals surface area contributed by atoms with E-state index in [1.807, 2.05) is 5.43 Å². The molecule has 0 aliphatic carbocycles. The molecule has 0 aromatic carbocycles. The van der Waals surface area contributed by atoms with Crippen molar-refractivity contribution in [1.29, 1.82) is 0 Å². The van der Waals surface area contributed by atoms with Gasteiger partial charge in [-0.3, -0.25) is 14.9 Å². The Hall–Kier alpha value is -2.43. The van der Waals surface area contributed by atoms with Gasteiger partial charge in [0.25, 0.3) is 5.91 Å². The van der Waals surface area contributed by atoms with Gasteiger partial charge in [-0.15, -0.1) is 5.10 Å². The Kier molecular flexibility index (Phi) is 3.70. The number of carbonyl (C=O) groups is 1. The van der Waals surface area contributed by atoms with Gasteiger partial charge in [0.05, 0.1) is 19.3 Å². The highest BCUT2D eigenvalue weighted by molar-refractivity contribution is 5.91. The fourth-order valence-corrected chi connectivity index (χ4v) is 1.43. The molecular formula is C9H10F3N7O. The van der Waals surface area contributed by atoms with Crippen molar-refractivity contribution in [1.82, 2.24) is 30.2 Å². The molecule has 0 aliphatic heterocycles. The number of hydrogen-bond donors (Lipinski definition) is 2. The number of aromatic nitrogens is 5. The van der Waals surface area contributed by atoms with Gasteiger partial charge in [0.1, 0.15) is 0 Å². The van der Waals surface area contributed by atoms with E-state index in [0.717, 1.165) is 10.7 Å². The summed E-state index contributed by atoms with van der Waals surface area (Å²) in [6, 6.07) is 0.884. The molecule has 0 atom stereocenters. The van der Waals surface area contributed by atoms with E-state index in [0.29, 0.717) is 0 Å². The van der Waals surface area contributed by atoms with E-state index < -0.39 is 17.8 Å². The Balaban J connectivity index is 1.97. The van der Waals surface area contributed by atoms with Crippen LogP contribution >= 0.6 is 0 Å². The van der Waals surface area contributed by atoms with Gasteiger partial charge in [-0.25, -0.2) is 10.5 Å². The van der Waals surface area contributed by atoms with Crippen molar-refractivity contribution in [3.05, 3.63) is 29.8 Å². The minimum absolute atomic E-state index is 0.0175. The second kappa shape index (κ2) is 5.28. The lowest BCUT2D eigenvalue weighted by atomic mass is 10.4. The molecule has 1 amide bonds. The molecule has 2 rings (SSSR count). The number of hydrazine groups is 1. The molecule has 0 saturated carbocycles. The summed E-state index contributed by atoms with van der Waals surface area (Å²) in [5, 5.41) is 10.6. The van der Waals surface area contributed by atoms with Gasteiger partial charge >= 0.3 is 6.18 Å². The molecule has 0 bridgehead atoms. The maximum absolute atomic E-state index is 12.3. The van der Waals surface area contributed by atoms with Gasteiger partial charge in [0.2, 0.25) is 0 Å². The summed E-state index contributed by atoms with van der Waals surface area (Å²) >= 11 is 0. The van der Waals surface area contributed by atoms with Crippen LogP contribution in [0.3, 0.4) is 0 Å². The van der Waals surface area contributed by atoms with E-state index in [4.69, 9.17) is 5.84 Å². The van der Waals surface area contributed by atoms with Crippen molar-refractivity contribution in [3.8, 4) is 0 Å². The zero-order valence-electron chi connectivity index (χ0n) is 10.0. The van der Waals surface area contributed by atoms with E-state index in [-0.39, 0.29) is 18.8 Å². The number of aryl methyl sites for hydroxylation is 2. The van der Waals surface area contributed by atoms with E-state index in [2.05, 4.69) is 15.4 Å². The first-order valence-corrected chi connectivity index (χ1v) is 5.42. The molecule has 3 N–H and O–H groups in total. The fraction of sp³-hybridized carbons (Fsp3) is 0.333. The van der Waals surface area contributed by atoms with Crippen LogP contribution in [0, 0.1) is 0 Å². The molecule has 20 heavy (non-hydrogen) atoms. The quantitative estimate of drug-likeness (QED) is 0.461. The fourth-order valence-electron chi connectivity index (χ4n) is 1.43. The van der Waals surface area contributed by atoms with Gasteiger partial charge in [-0.05, 0) is 6.07 Å². The van der Waals surface area contributed by atoms with Crippen LogP contribution in [0.25, 0.3) is 0 Å². The first kappa shape index (κ1) is 14.0. The van der Waals surface area contributed by atoms with Crippen molar-refractivity contribution in [3.63, 3.8) is 0 Å². The van der Waals surface area contributed by atoms with Crippen LogP contribution < -0.4 is 11.3 Å². The lowest BCUT2D eigenvalue weighted by Gasteiger charge is -2.02. The van der Waals surface area contributed by atoms with E-state index >= 15 is 0 Å². The van der Waals surface area contributed by atoms with Crippen LogP contribution in [0.15, 0.2) is 18.5 Å². The third-order valence-corrected chi connectivity index (χ3v) is 2.39. The highest BCUT2D eigenvalue weighted by atomic mass is 19.4. The molecule has 0 saturated heterocycles. The monoisotopic (exact) mass is 289 g/mol. The van der Waals surface area contributed by atoms with Crippen LogP contribution in [0.4, 0.5) is 13.2 Å². The summed E-state index contributed by atoms with van der Waals surface area (Å²) in [6.07, 6.45) is -1.92. The third-order valence-electron chi connectivity index (χ3n) is 2.39. The Bertz CT molecular complexity index is 603. The van der Waals surface area contributed by atoms with Gasteiger partial charge in [-0.1, -0.05) is 5.21 Å². The highest BCUT2D eigenvalue weighted by Gasteiger charge is 2.33. The topological polar surface area (TPSA) is 104 Å². The number of amides is 1. The summed E-state index contributed by atoms with van der Waals surface area (Å²) in [4.78, 5) is 11.1. The number of nitrogens with one attached hydrogen (secondary N) is 1. The zero-order chi connectivity index (χ0) is 14.8. The molecule has 0 fully saturated rings. The maximum atomic E-state index is 12.3. The lowest BCUT2D eigenvalue weighted by molar-refractivity contribution is -0.141. The van der Waals surface area contributed by atoms with Crippen molar-refractivity contribution < 1.29 is 18.0 Å². The molecule has 2 aromatic rings. The van der Waals surface area contributed by atoms with Gasteiger partial charge in [0.15, 0.2) is 11.4 Å². The molecule has 2 heterocycles. The molecular weight excluding hydrogens is 279 g/mol. The number of nitrogen functional groups attached to an aromatic ring is 1. The third kappa shape index (κ3) is 3.12. The van der Waals surface area contributed by atoms with Crippen LogP contribution in [-0.4, -0.2) is 30.7 Å². The minimum atomic E-state index is -4.47. The molecule has 8 nitrogen and oxygen atoms in total. The SMILES string of the molecule is NNC(=O)c1cn(CCn2ccc(C(F)(F)F)n2)nn1. The minimum Gasteiger partial charge on any atom is -0.289 e. The Labute approximate surface area is 110 Å². The highest BCUT2D eigenvalue weighted by Crippen LogP contribution is 2.27. The summed E-state index contributed by atoms with van der Waals surface area (Å²) in [7, 11) is 0. The standard InChI is InChI=1S/C9H10F3N7O/c10-9(11,12)7-1-2-18(16-7)3-4-19-5-6(15-17-19)8(20)14-13/h1-2,5H,3-4,13H2,(H,14,20). The predicted molar refractivity (Wildman–Crippen MR) is 58.9 cm³/mol.